The van der Waals surface area contributed by atoms with Gasteiger partial charge in [0.15, 0.2) is 0 Å². The Kier molecular flexibility index (Phi) is 7.54. The Hall–Kier alpha value is -2.07. The van der Waals surface area contributed by atoms with Crippen molar-refractivity contribution in [3.63, 3.8) is 0 Å². The van der Waals surface area contributed by atoms with Gasteiger partial charge in [-0.2, -0.15) is 0 Å². The normalized spacial score (nSPS) is 14.2. The van der Waals surface area contributed by atoms with Crippen molar-refractivity contribution in [1.29, 1.82) is 0 Å². The average Bonchev–Trinajstić information content (AvgIpc) is 2.70. The fourth-order valence-electron chi connectivity index (χ4n) is 4.35. The summed E-state index contributed by atoms with van der Waals surface area (Å²) in [7, 11) is 1.82. The predicted molar refractivity (Wildman–Crippen MR) is 123 cm³/mol. The van der Waals surface area contributed by atoms with Gasteiger partial charge in [0.25, 0.3) is 0 Å². The van der Waals surface area contributed by atoms with Crippen molar-refractivity contribution >= 4 is 11.4 Å². The van der Waals surface area contributed by atoms with E-state index in [0.29, 0.717) is 6.04 Å². The van der Waals surface area contributed by atoms with Crippen LogP contribution in [0.25, 0.3) is 0 Å². The smallest absolute Gasteiger partial charge is 0.250 e. The minimum atomic E-state index is 0.0254. The molecule has 0 saturated carbocycles. The Labute approximate surface area is 176 Å². The number of unbranched alkanes of at least 4 members (excludes halogenated alkanes) is 4. The summed E-state index contributed by atoms with van der Waals surface area (Å²) in [6, 6.07) is 10.8. The van der Waals surface area contributed by atoms with Crippen LogP contribution in [0.5, 0.6) is 0 Å². The molecule has 29 heavy (non-hydrogen) atoms. The Balaban J connectivity index is 1.75. The third-order valence-electron chi connectivity index (χ3n) is 6.00. The van der Waals surface area contributed by atoms with E-state index in [9.17, 15) is 4.79 Å². The van der Waals surface area contributed by atoms with Crippen LogP contribution in [0.1, 0.15) is 64.0 Å². The maximum Gasteiger partial charge on any atom is 0.250 e. The molecule has 1 aromatic heterocycles. The Morgan fingerprint density at radius 2 is 1.76 bits per heavy atom. The van der Waals surface area contributed by atoms with Crippen LogP contribution < -0.4 is 10.5 Å². The van der Waals surface area contributed by atoms with E-state index in [-0.39, 0.29) is 5.56 Å². The summed E-state index contributed by atoms with van der Waals surface area (Å²) in [5.74, 6) is 0. The number of hydrogen-bond acceptors (Lipinski definition) is 3. The van der Waals surface area contributed by atoms with Crippen LogP contribution >= 0.6 is 0 Å². The average molecular weight is 396 g/mol. The van der Waals surface area contributed by atoms with Gasteiger partial charge in [-0.1, -0.05) is 38.7 Å². The molecule has 1 aliphatic rings. The van der Waals surface area contributed by atoms with E-state index in [1.165, 1.54) is 62.0 Å². The fourth-order valence-corrected chi connectivity index (χ4v) is 4.35. The van der Waals surface area contributed by atoms with Crippen LogP contribution in [-0.2, 0) is 20.0 Å². The van der Waals surface area contributed by atoms with Gasteiger partial charge in [-0.05, 0) is 62.6 Å². The molecule has 0 radical (unpaired) electrons. The van der Waals surface area contributed by atoms with Crippen LogP contribution in [0.2, 0.25) is 0 Å². The largest absolute Gasteiger partial charge is 0.338 e. The van der Waals surface area contributed by atoms with Crippen LogP contribution in [0.4, 0.5) is 11.4 Å². The lowest BCUT2D eigenvalue weighted by atomic mass is 9.98. The zero-order chi connectivity index (χ0) is 20.8. The first-order valence-corrected chi connectivity index (χ1v) is 11.3. The fraction of sp³-hybridized carbons (Fsp3) is 0.560. The van der Waals surface area contributed by atoms with E-state index < -0.39 is 0 Å². The first kappa shape index (κ1) is 21.6. The van der Waals surface area contributed by atoms with Crippen molar-refractivity contribution < 1.29 is 0 Å². The summed E-state index contributed by atoms with van der Waals surface area (Å²) in [6.07, 6.45) is 9.78. The second-order valence-corrected chi connectivity index (χ2v) is 8.69. The number of benzene rings is 1. The van der Waals surface area contributed by atoms with Gasteiger partial charge >= 0.3 is 0 Å². The number of aryl methyl sites for hydroxylation is 1. The second kappa shape index (κ2) is 10.1. The quantitative estimate of drug-likeness (QED) is 0.542. The molecule has 0 fully saturated rings. The van der Waals surface area contributed by atoms with Gasteiger partial charge in [0.05, 0.1) is 5.69 Å². The first-order valence-electron chi connectivity index (χ1n) is 11.3. The number of rotatable bonds is 9. The van der Waals surface area contributed by atoms with Crippen molar-refractivity contribution in [2.24, 2.45) is 7.05 Å². The lowest BCUT2D eigenvalue weighted by Crippen LogP contribution is -2.32. The third-order valence-corrected chi connectivity index (χ3v) is 6.00. The summed E-state index contributed by atoms with van der Waals surface area (Å²) >= 11 is 0. The summed E-state index contributed by atoms with van der Waals surface area (Å²) in [5.41, 5.74) is 5.24. The summed E-state index contributed by atoms with van der Waals surface area (Å²) in [4.78, 5) is 16.7. The maximum absolute atomic E-state index is 11.8. The lowest BCUT2D eigenvalue weighted by Gasteiger charge is -2.33. The lowest BCUT2D eigenvalue weighted by molar-refractivity contribution is 0.248. The Bertz CT molecular complexity index is 855. The minimum absolute atomic E-state index is 0.0254. The summed E-state index contributed by atoms with van der Waals surface area (Å²) in [6.45, 7) is 10.1. The Morgan fingerprint density at radius 3 is 2.48 bits per heavy atom. The molecule has 2 heterocycles. The molecule has 0 saturated heterocycles. The van der Waals surface area contributed by atoms with Gasteiger partial charge in [0.2, 0.25) is 5.56 Å². The first-order chi connectivity index (χ1) is 14.0. The van der Waals surface area contributed by atoms with Gasteiger partial charge in [0.1, 0.15) is 0 Å². The summed E-state index contributed by atoms with van der Waals surface area (Å²) in [5, 5.41) is 0. The molecule has 0 N–H and O–H groups in total. The van der Waals surface area contributed by atoms with Gasteiger partial charge in [0, 0.05) is 44.1 Å². The maximum atomic E-state index is 11.8. The van der Waals surface area contributed by atoms with Crippen molar-refractivity contribution in [2.75, 3.05) is 18.0 Å². The van der Waals surface area contributed by atoms with E-state index in [4.69, 9.17) is 0 Å². The molecule has 0 atom stereocenters. The molecule has 1 aliphatic heterocycles. The molecule has 0 bridgehead atoms. The molecule has 0 spiro atoms. The van der Waals surface area contributed by atoms with Crippen molar-refractivity contribution in [1.82, 2.24) is 9.47 Å². The number of aromatic nitrogens is 1. The van der Waals surface area contributed by atoms with Gasteiger partial charge in [-0.15, -0.1) is 0 Å². The zero-order valence-corrected chi connectivity index (χ0v) is 18.7. The molecular formula is C25H37N3O. The monoisotopic (exact) mass is 395 g/mol. The molecule has 0 unspecified atom stereocenters. The SMILES string of the molecule is CCCCCCCN1CCc2ccc(N(c3ccc(=O)n(C)c3)C(C)C)cc2C1. The van der Waals surface area contributed by atoms with E-state index in [1.54, 1.807) is 10.6 Å². The highest BCUT2D eigenvalue weighted by Crippen LogP contribution is 2.31. The molecule has 158 valence electrons. The summed E-state index contributed by atoms with van der Waals surface area (Å²) < 4.78 is 1.66. The van der Waals surface area contributed by atoms with Gasteiger partial charge in [-0.25, -0.2) is 0 Å². The number of pyridine rings is 1. The number of hydrogen-bond donors (Lipinski definition) is 0. The van der Waals surface area contributed by atoms with Crippen molar-refractivity contribution in [3.8, 4) is 0 Å². The number of anilines is 2. The topological polar surface area (TPSA) is 28.5 Å². The van der Waals surface area contributed by atoms with E-state index in [1.807, 2.05) is 19.3 Å². The standard InChI is InChI=1S/C25H37N3O/c1-5-6-7-8-9-15-27-16-14-21-10-11-23(17-22(21)18-27)28(20(2)3)24-12-13-25(29)26(4)19-24/h10-13,17,19-20H,5-9,14-16,18H2,1-4H3. The number of fused-ring (bicyclic) bond motifs is 1. The molecule has 3 rings (SSSR count). The second-order valence-electron chi connectivity index (χ2n) is 8.69. The molecule has 4 nitrogen and oxygen atoms in total. The molecule has 4 heteroatoms. The van der Waals surface area contributed by atoms with E-state index >= 15 is 0 Å². The number of nitrogens with zero attached hydrogens (tertiary/aromatic N) is 3. The molecule has 1 aromatic carbocycles. The molecule has 0 amide bonds. The van der Waals surface area contributed by atoms with E-state index in [2.05, 4.69) is 48.8 Å². The van der Waals surface area contributed by atoms with E-state index in [0.717, 1.165) is 18.7 Å². The van der Waals surface area contributed by atoms with Crippen molar-refractivity contribution in [3.05, 3.63) is 58.0 Å². The van der Waals surface area contributed by atoms with Gasteiger partial charge < -0.3 is 9.47 Å². The molecule has 2 aromatic rings. The third kappa shape index (κ3) is 5.51. The van der Waals surface area contributed by atoms with Crippen LogP contribution in [0, 0.1) is 0 Å². The zero-order valence-electron chi connectivity index (χ0n) is 18.7. The molecule has 0 aliphatic carbocycles. The predicted octanol–water partition coefficient (Wildman–Crippen LogP) is 5.26. The van der Waals surface area contributed by atoms with Crippen LogP contribution in [0.15, 0.2) is 41.3 Å². The highest BCUT2D eigenvalue weighted by Gasteiger charge is 2.19. The minimum Gasteiger partial charge on any atom is -0.338 e. The highest BCUT2D eigenvalue weighted by molar-refractivity contribution is 5.64. The molecular weight excluding hydrogens is 358 g/mol. The van der Waals surface area contributed by atoms with Crippen LogP contribution in [-0.4, -0.2) is 28.6 Å². The van der Waals surface area contributed by atoms with Crippen molar-refractivity contribution in [2.45, 2.75) is 71.9 Å². The Morgan fingerprint density at radius 1 is 1.00 bits per heavy atom. The highest BCUT2D eigenvalue weighted by atomic mass is 16.1. The van der Waals surface area contributed by atoms with Gasteiger partial charge in [-0.3, -0.25) is 9.69 Å². The van der Waals surface area contributed by atoms with Crippen LogP contribution in [0.3, 0.4) is 0 Å².